The van der Waals surface area contributed by atoms with Gasteiger partial charge in [0.15, 0.2) is 0 Å². The van der Waals surface area contributed by atoms with Crippen molar-refractivity contribution in [3.8, 4) is 5.75 Å². The van der Waals surface area contributed by atoms with Crippen molar-refractivity contribution in [2.24, 2.45) is 4.99 Å². The van der Waals surface area contributed by atoms with Crippen LogP contribution in [0, 0.1) is 0 Å². The number of hydrogen-bond donors (Lipinski definition) is 1. The number of H-pyrrole nitrogens is 1. The molecule has 39 heavy (non-hydrogen) atoms. The Morgan fingerprint density at radius 1 is 0.846 bits per heavy atom. The predicted molar refractivity (Wildman–Crippen MR) is 152 cm³/mol. The molecule has 1 aromatic heterocycles. The quantitative estimate of drug-likeness (QED) is 0.410. The van der Waals surface area contributed by atoms with Gasteiger partial charge in [-0.1, -0.05) is 6.07 Å². The summed E-state index contributed by atoms with van der Waals surface area (Å²) >= 11 is 0. The number of aliphatic imine (C=N–C) groups is 1. The number of esters is 1. The van der Waals surface area contributed by atoms with Gasteiger partial charge >= 0.3 is 5.97 Å². The number of carbonyl (C=O) groups is 3. The summed E-state index contributed by atoms with van der Waals surface area (Å²) in [5.41, 5.74) is 4.35. The maximum Gasteiger partial charge on any atom is 0.305 e. The third kappa shape index (κ3) is 6.66. The zero-order valence-corrected chi connectivity index (χ0v) is 23.7. The molecular formula is C30H38N4O5. The molecule has 3 rings (SSSR count). The molecule has 2 aromatic rings. The number of hydrogen-bond acceptors (Lipinski definition) is 6. The fourth-order valence-corrected chi connectivity index (χ4v) is 4.52. The second-order valence-corrected chi connectivity index (χ2v) is 8.94. The lowest BCUT2D eigenvalue weighted by molar-refractivity contribution is -0.140. The molecule has 0 saturated heterocycles. The van der Waals surface area contributed by atoms with Crippen molar-refractivity contribution < 1.29 is 23.9 Å². The average molecular weight is 535 g/mol. The Morgan fingerprint density at radius 2 is 1.49 bits per heavy atom. The van der Waals surface area contributed by atoms with E-state index < -0.39 is 0 Å². The predicted octanol–water partition coefficient (Wildman–Crippen LogP) is 4.25. The molecule has 9 nitrogen and oxygen atoms in total. The first kappa shape index (κ1) is 29.4. The molecule has 208 valence electrons. The lowest BCUT2D eigenvalue weighted by atomic mass is 9.96. The second kappa shape index (κ2) is 13.6. The maximum atomic E-state index is 13.1. The Balaban J connectivity index is 2.18. The van der Waals surface area contributed by atoms with Crippen LogP contribution >= 0.6 is 0 Å². The zero-order chi connectivity index (χ0) is 28.5. The zero-order valence-electron chi connectivity index (χ0n) is 23.7. The lowest BCUT2D eigenvalue weighted by Gasteiger charge is -2.18. The number of aryl methyl sites for hydroxylation is 1. The molecule has 1 N–H and O–H groups in total. The van der Waals surface area contributed by atoms with E-state index in [0.717, 1.165) is 11.1 Å². The van der Waals surface area contributed by atoms with E-state index >= 15 is 0 Å². The molecule has 2 heterocycles. The van der Waals surface area contributed by atoms with Crippen LogP contribution in [-0.4, -0.2) is 78.7 Å². The smallest absolute Gasteiger partial charge is 0.305 e. The van der Waals surface area contributed by atoms with Crippen LogP contribution in [0.15, 0.2) is 53.2 Å². The minimum absolute atomic E-state index is 0.0998. The van der Waals surface area contributed by atoms with Gasteiger partial charge in [-0.15, -0.1) is 0 Å². The fraction of sp³-hybridized carbons (Fsp3) is 0.400. The summed E-state index contributed by atoms with van der Waals surface area (Å²) in [6, 6.07) is 9.30. The van der Waals surface area contributed by atoms with Crippen LogP contribution in [0.2, 0.25) is 0 Å². The molecule has 9 heteroatoms. The van der Waals surface area contributed by atoms with Gasteiger partial charge in [-0.3, -0.25) is 14.4 Å². The number of nitrogens with zero attached hydrogens (tertiary/aromatic N) is 3. The first-order valence-corrected chi connectivity index (χ1v) is 13.3. The Kier molecular flexibility index (Phi) is 10.3. The number of rotatable bonds is 12. The van der Waals surface area contributed by atoms with Crippen molar-refractivity contribution in [3.05, 3.63) is 70.7 Å². The van der Waals surface area contributed by atoms with Gasteiger partial charge in [-0.2, -0.15) is 0 Å². The summed E-state index contributed by atoms with van der Waals surface area (Å²) in [7, 11) is 2.95. The SMILES string of the molecule is CCN(CC)C(=O)C1=N/C(=C(\c2ccc(C(=O)N(CC)CC)[nH]2)c2cc(CCC(=O)OC)ccc2OC)C=C1. The monoisotopic (exact) mass is 534 g/mol. The molecule has 0 fully saturated rings. The van der Waals surface area contributed by atoms with Crippen molar-refractivity contribution in [3.63, 3.8) is 0 Å². The molecule has 1 aromatic carbocycles. The summed E-state index contributed by atoms with van der Waals surface area (Å²) in [5.74, 6) is 0.0564. The van der Waals surface area contributed by atoms with Gasteiger partial charge in [0.2, 0.25) is 0 Å². The Bertz CT molecular complexity index is 1300. The maximum absolute atomic E-state index is 13.1. The van der Waals surface area contributed by atoms with Gasteiger partial charge in [0.25, 0.3) is 11.8 Å². The molecule has 1 aliphatic rings. The van der Waals surface area contributed by atoms with Crippen molar-refractivity contribution in [1.29, 1.82) is 0 Å². The highest BCUT2D eigenvalue weighted by Gasteiger charge is 2.24. The minimum atomic E-state index is -0.294. The largest absolute Gasteiger partial charge is 0.496 e. The van der Waals surface area contributed by atoms with E-state index in [0.29, 0.717) is 66.7 Å². The molecule has 0 aliphatic carbocycles. The summed E-state index contributed by atoms with van der Waals surface area (Å²) in [6.45, 7) is 10.1. The number of ether oxygens (including phenoxy) is 2. The number of amides is 2. The molecular weight excluding hydrogens is 496 g/mol. The normalized spacial score (nSPS) is 13.6. The van der Waals surface area contributed by atoms with E-state index in [1.807, 2.05) is 52.0 Å². The summed E-state index contributed by atoms with van der Waals surface area (Å²) in [6.07, 6.45) is 4.24. The van der Waals surface area contributed by atoms with E-state index in [2.05, 4.69) is 4.98 Å². The van der Waals surface area contributed by atoms with Gasteiger partial charge in [0.05, 0.1) is 19.9 Å². The van der Waals surface area contributed by atoms with Gasteiger partial charge in [0.1, 0.15) is 17.2 Å². The van der Waals surface area contributed by atoms with Crippen LogP contribution in [0.25, 0.3) is 5.57 Å². The highest BCUT2D eigenvalue weighted by molar-refractivity contribution is 6.44. The number of benzene rings is 1. The van der Waals surface area contributed by atoms with Crippen molar-refractivity contribution in [2.45, 2.75) is 40.5 Å². The Hall–Kier alpha value is -4.14. The molecule has 0 saturated carbocycles. The number of aromatic amines is 1. The molecule has 1 aliphatic heterocycles. The van der Waals surface area contributed by atoms with Crippen LogP contribution in [0.3, 0.4) is 0 Å². The number of carbonyl (C=O) groups excluding carboxylic acids is 3. The average Bonchev–Trinajstić information content (AvgIpc) is 3.64. The highest BCUT2D eigenvalue weighted by Crippen LogP contribution is 2.36. The van der Waals surface area contributed by atoms with Gasteiger partial charge in [-0.25, -0.2) is 4.99 Å². The van der Waals surface area contributed by atoms with Crippen LogP contribution in [0.5, 0.6) is 5.75 Å². The minimum Gasteiger partial charge on any atom is -0.496 e. The first-order chi connectivity index (χ1) is 18.8. The van der Waals surface area contributed by atoms with Crippen LogP contribution in [0.4, 0.5) is 0 Å². The van der Waals surface area contributed by atoms with Crippen LogP contribution < -0.4 is 4.74 Å². The Morgan fingerprint density at radius 3 is 2.10 bits per heavy atom. The van der Waals surface area contributed by atoms with E-state index in [1.54, 1.807) is 35.1 Å². The molecule has 0 unspecified atom stereocenters. The number of nitrogens with one attached hydrogen (secondary N) is 1. The molecule has 2 amide bonds. The van der Waals surface area contributed by atoms with E-state index in [1.165, 1.54) is 7.11 Å². The molecule has 0 bridgehead atoms. The summed E-state index contributed by atoms with van der Waals surface area (Å²) in [5, 5.41) is 0. The van der Waals surface area contributed by atoms with E-state index in [-0.39, 0.29) is 24.2 Å². The van der Waals surface area contributed by atoms with Crippen molar-refractivity contribution in [1.82, 2.24) is 14.8 Å². The van der Waals surface area contributed by atoms with Crippen LogP contribution in [-0.2, 0) is 20.7 Å². The lowest BCUT2D eigenvalue weighted by Crippen LogP contribution is -2.35. The molecule has 0 atom stereocenters. The van der Waals surface area contributed by atoms with Crippen molar-refractivity contribution in [2.75, 3.05) is 40.4 Å². The Labute approximate surface area is 230 Å². The highest BCUT2D eigenvalue weighted by atomic mass is 16.5. The van der Waals surface area contributed by atoms with Crippen LogP contribution in [0.1, 0.15) is 61.4 Å². The van der Waals surface area contributed by atoms with E-state index in [9.17, 15) is 14.4 Å². The second-order valence-electron chi connectivity index (χ2n) is 8.94. The number of aromatic nitrogens is 1. The van der Waals surface area contributed by atoms with Gasteiger partial charge in [-0.05, 0) is 76.1 Å². The number of allylic oxidation sites excluding steroid dienone is 1. The van der Waals surface area contributed by atoms with E-state index in [4.69, 9.17) is 14.5 Å². The van der Waals surface area contributed by atoms with Crippen molar-refractivity contribution >= 4 is 29.1 Å². The topological polar surface area (TPSA) is 104 Å². The number of methoxy groups -OCH3 is 2. The fourth-order valence-electron chi connectivity index (χ4n) is 4.52. The van der Waals surface area contributed by atoms with Gasteiger partial charge < -0.3 is 24.3 Å². The molecule has 0 radical (unpaired) electrons. The molecule has 0 spiro atoms. The standard InChI is InChI=1S/C30H38N4O5/c1-7-33(8-2)29(36)24-15-13-22(31-24)28(23-14-16-25(32-23)30(37)34(9-3)10-4)21-19-20(11-17-26(21)38-5)12-18-27(35)39-6/h11,13-17,19,31H,7-10,12,18H2,1-6H3/b28-23-. The third-order valence-corrected chi connectivity index (χ3v) is 6.78. The first-order valence-electron chi connectivity index (χ1n) is 13.3. The third-order valence-electron chi connectivity index (χ3n) is 6.78. The summed E-state index contributed by atoms with van der Waals surface area (Å²) in [4.78, 5) is 49.3. The summed E-state index contributed by atoms with van der Waals surface area (Å²) < 4.78 is 10.5. The van der Waals surface area contributed by atoms with Gasteiger partial charge in [0, 0.05) is 49.4 Å².